The molecule has 1 radical (unpaired) electrons. The molecule has 0 amide bonds. The van der Waals surface area contributed by atoms with Crippen LogP contribution >= 0.6 is 0 Å². The van der Waals surface area contributed by atoms with E-state index in [4.69, 9.17) is 0 Å². The average Bonchev–Trinajstić information content (AvgIpc) is 2.08. The largest absolute Gasteiger partial charge is 0.207 e. The molecule has 0 heterocycles. The summed E-state index contributed by atoms with van der Waals surface area (Å²) in [5, 5.41) is 0. The van der Waals surface area contributed by atoms with E-state index in [-0.39, 0.29) is 5.82 Å². The van der Waals surface area contributed by atoms with E-state index >= 15 is 0 Å². The minimum atomic E-state index is -0.197. The van der Waals surface area contributed by atoms with E-state index in [0.29, 0.717) is 0 Å². The van der Waals surface area contributed by atoms with Gasteiger partial charge in [0.1, 0.15) is 5.82 Å². The predicted molar refractivity (Wildman–Crippen MR) is 49.4 cm³/mol. The fraction of sp³-hybridized carbons (Fsp3) is 0.182. The van der Waals surface area contributed by atoms with Gasteiger partial charge in [0.05, 0.1) is 0 Å². The first-order valence-electron chi connectivity index (χ1n) is 3.87. The van der Waals surface area contributed by atoms with Gasteiger partial charge in [0.2, 0.25) is 0 Å². The lowest BCUT2D eigenvalue weighted by Gasteiger charge is -2.08. The molecule has 0 N–H and O–H groups in total. The molecule has 1 rings (SSSR count). The fourth-order valence-corrected chi connectivity index (χ4v) is 1.13. The van der Waals surface area contributed by atoms with Gasteiger partial charge in [-0.15, -0.1) is 6.58 Å². The second kappa shape index (κ2) is 3.53. The molecular weight excluding hydrogens is 151 g/mol. The molecule has 0 saturated carbocycles. The lowest BCUT2D eigenvalue weighted by molar-refractivity contribution is 0.626. The Bertz CT molecular complexity index is 289. The molecule has 0 bridgehead atoms. The molecule has 0 saturated heterocycles. The molecule has 1 heteroatoms. The summed E-state index contributed by atoms with van der Waals surface area (Å²) in [6.45, 7) is 7.53. The van der Waals surface area contributed by atoms with Crippen molar-refractivity contribution < 1.29 is 4.39 Å². The van der Waals surface area contributed by atoms with Crippen LogP contribution in [0.1, 0.15) is 18.1 Å². The number of allylic oxidation sites excluding steroid dienone is 1. The van der Waals surface area contributed by atoms with Crippen molar-refractivity contribution in [2.24, 2.45) is 0 Å². The first-order chi connectivity index (χ1) is 5.65. The summed E-state index contributed by atoms with van der Waals surface area (Å²) >= 11 is 0. The highest BCUT2D eigenvalue weighted by atomic mass is 19.1. The third-order valence-corrected chi connectivity index (χ3v) is 1.93. The van der Waals surface area contributed by atoms with Crippen molar-refractivity contribution in [3.05, 3.63) is 53.7 Å². The third-order valence-electron chi connectivity index (χ3n) is 1.93. The smallest absolute Gasteiger partial charge is 0.123 e. The minimum absolute atomic E-state index is 0.197. The third kappa shape index (κ3) is 1.73. The standard InChI is InChI=1S/C11H12F/c1-4-8(2)11-7-10(12)6-5-9(11)3/h4-7H,1H2,2-3H3. The number of aryl methyl sites for hydroxylation is 1. The maximum absolute atomic E-state index is 12.8. The van der Waals surface area contributed by atoms with Crippen molar-refractivity contribution in [1.29, 1.82) is 0 Å². The molecule has 0 atom stereocenters. The molecule has 1 aromatic rings. The molecular formula is C11H12F. The Morgan fingerprint density at radius 1 is 1.50 bits per heavy atom. The zero-order valence-electron chi connectivity index (χ0n) is 7.39. The molecule has 0 aliphatic rings. The Morgan fingerprint density at radius 2 is 2.17 bits per heavy atom. The number of hydrogen-bond donors (Lipinski definition) is 0. The van der Waals surface area contributed by atoms with Gasteiger partial charge < -0.3 is 0 Å². The summed E-state index contributed by atoms with van der Waals surface area (Å²) in [5.41, 5.74) is 2.01. The SMILES string of the molecule is C=C[C](C)c1cc(F)ccc1C. The second-order valence-electron chi connectivity index (χ2n) is 2.85. The van der Waals surface area contributed by atoms with Crippen molar-refractivity contribution in [2.75, 3.05) is 0 Å². The van der Waals surface area contributed by atoms with Gasteiger partial charge in [0, 0.05) is 5.92 Å². The number of rotatable bonds is 2. The Hall–Kier alpha value is -1.11. The first kappa shape index (κ1) is 8.98. The van der Waals surface area contributed by atoms with Crippen molar-refractivity contribution in [2.45, 2.75) is 13.8 Å². The van der Waals surface area contributed by atoms with E-state index in [1.54, 1.807) is 12.1 Å². The van der Waals surface area contributed by atoms with Crippen LogP contribution in [0, 0.1) is 18.7 Å². The zero-order chi connectivity index (χ0) is 9.14. The number of hydrogen-bond acceptors (Lipinski definition) is 0. The molecule has 12 heavy (non-hydrogen) atoms. The summed E-state index contributed by atoms with van der Waals surface area (Å²) in [4.78, 5) is 0. The Labute approximate surface area is 72.7 Å². The van der Waals surface area contributed by atoms with Gasteiger partial charge in [-0.05, 0) is 30.2 Å². The van der Waals surface area contributed by atoms with Crippen LogP contribution in [0.5, 0.6) is 0 Å². The molecule has 0 spiro atoms. The zero-order valence-corrected chi connectivity index (χ0v) is 7.39. The van der Waals surface area contributed by atoms with E-state index in [9.17, 15) is 4.39 Å². The van der Waals surface area contributed by atoms with Crippen LogP contribution in [-0.4, -0.2) is 0 Å². The Kier molecular flexibility index (Phi) is 2.64. The van der Waals surface area contributed by atoms with E-state index in [1.165, 1.54) is 12.1 Å². The average molecular weight is 163 g/mol. The Balaban J connectivity index is 3.12. The molecule has 0 aromatic heterocycles. The van der Waals surface area contributed by atoms with Crippen LogP contribution in [0.4, 0.5) is 4.39 Å². The number of halogens is 1. The van der Waals surface area contributed by atoms with Crippen molar-refractivity contribution in [3.63, 3.8) is 0 Å². The maximum Gasteiger partial charge on any atom is 0.123 e. The van der Waals surface area contributed by atoms with Crippen molar-refractivity contribution >= 4 is 0 Å². The van der Waals surface area contributed by atoms with E-state index in [1.807, 2.05) is 13.8 Å². The van der Waals surface area contributed by atoms with Crippen LogP contribution in [0.3, 0.4) is 0 Å². The topological polar surface area (TPSA) is 0 Å². The summed E-state index contributed by atoms with van der Waals surface area (Å²) in [7, 11) is 0. The van der Waals surface area contributed by atoms with Gasteiger partial charge in [-0.2, -0.15) is 0 Å². The second-order valence-corrected chi connectivity index (χ2v) is 2.85. The quantitative estimate of drug-likeness (QED) is 0.627. The van der Waals surface area contributed by atoms with Crippen LogP contribution in [-0.2, 0) is 0 Å². The Morgan fingerprint density at radius 3 is 2.75 bits per heavy atom. The van der Waals surface area contributed by atoms with Crippen LogP contribution < -0.4 is 0 Å². The molecule has 0 unspecified atom stereocenters. The normalized spacial score (nSPS) is 10.3. The fourth-order valence-electron chi connectivity index (χ4n) is 1.13. The summed E-state index contributed by atoms with van der Waals surface area (Å²) in [5.74, 6) is 0.809. The molecule has 0 fully saturated rings. The summed E-state index contributed by atoms with van der Waals surface area (Å²) < 4.78 is 12.8. The monoisotopic (exact) mass is 163 g/mol. The van der Waals surface area contributed by atoms with Crippen LogP contribution in [0.25, 0.3) is 0 Å². The van der Waals surface area contributed by atoms with Crippen molar-refractivity contribution in [3.8, 4) is 0 Å². The summed E-state index contributed by atoms with van der Waals surface area (Å²) in [6, 6.07) is 4.78. The van der Waals surface area contributed by atoms with Crippen molar-refractivity contribution in [1.82, 2.24) is 0 Å². The minimum Gasteiger partial charge on any atom is -0.207 e. The molecule has 0 nitrogen and oxygen atoms in total. The van der Waals surface area contributed by atoms with Gasteiger partial charge in [0.15, 0.2) is 0 Å². The molecule has 0 aliphatic heterocycles. The van der Waals surface area contributed by atoms with Crippen LogP contribution in [0.15, 0.2) is 30.9 Å². The highest BCUT2D eigenvalue weighted by molar-refractivity contribution is 5.41. The lowest BCUT2D eigenvalue weighted by atomic mass is 9.97. The first-order valence-corrected chi connectivity index (χ1v) is 3.87. The van der Waals surface area contributed by atoms with E-state index in [0.717, 1.165) is 17.0 Å². The molecule has 63 valence electrons. The van der Waals surface area contributed by atoms with Gasteiger partial charge >= 0.3 is 0 Å². The summed E-state index contributed by atoms with van der Waals surface area (Å²) in [6.07, 6.45) is 1.74. The lowest BCUT2D eigenvalue weighted by Crippen LogP contribution is -1.94. The highest BCUT2D eigenvalue weighted by Gasteiger charge is 2.05. The van der Waals surface area contributed by atoms with Gasteiger partial charge in [-0.3, -0.25) is 0 Å². The van der Waals surface area contributed by atoms with E-state index < -0.39 is 0 Å². The number of benzene rings is 1. The molecule has 1 aromatic carbocycles. The van der Waals surface area contributed by atoms with Gasteiger partial charge in [-0.1, -0.05) is 19.1 Å². The predicted octanol–water partition coefficient (Wildman–Crippen LogP) is 3.26. The van der Waals surface area contributed by atoms with E-state index in [2.05, 4.69) is 6.58 Å². The van der Waals surface area contributed by atoms with Gasteiger partial charge in [0.25, 0.3) is 0 Å². The van der Waals surface area contributed by atoms with Crippen LogP contribution in [0.2, 0.25) is 0 Å². The highest BCUT2D eigenvalue weighted by Crippen LogP contribution is 2.20. The van der Waals surface area contributed by atoms with Gasteiger partial charge in [-0.25, -0.2) is 4.39 Å². The maximum atomic E-state index is 12.8. The molecule has 0 aliphatic carbocycles.